The van der Waals surface area contributed by atoms with Crippen molar-refractivity contribution in [2.24, 2.45) is 0 Å². The first-order valence-electron chi connectivity index (χ1n) is 8.48. The Morgan fingerprint density at radius 2 is 1.77 bits per heavy atom. The van der Waals surface area contributed by atoms with E-state index >= 15 is 0 Å². The lowest BCUT2D eigenvalue weighted by molar-refractivity contribution is -0.235. The molecule has 1 amide bonds. The molecule has 5 atom stereocenters. The predicted octanol–water partition coefficient (Wildman–Crippen LogP) is 0.576. The van der Waals surface area contributed by atoms with Gasteiger partial charge in [0.1, 0.15) is 17.9 Å². The molecule has 0 aliphatic carbocycles. The minimum Gasteiger partial charge on any atom is -0.452 e. The van der Waals surface area contributed by atoms with Crippen LogP contribution in [0, 0.1) is 0 Å². The molecule has 3 aliphatic heterocycles. The van der Waals surface area contributed by atoms with Crippen LogP contribution >= 0.6 is 0 Å². The summed E-state index contributed by atoms with van der Waals surface area (Å²) in [5.74, 6) is -2.82. The van der Waals surface area contributed by atoms with Crippen LogP contribution < -0.4 is 5.32 Å². The summed E-state index contributed by atoms with van der Waals surface area (Å²) in [7, 11) is 0. The quantitative estimate of drug-likeness (QED) is 0.566. The number of fused-ring (bicyclic) bond motifs is 1. The molecule has 3 saturated heterocycles. The lowest BCUT2D eigenvalue weighted by Crippen LogP contribution is -2.45. The van der Waals surface area contributed by atoms with E-state index in [1.807, 2.05) is 0 Å². The summed E-state index contributed by atoms with van der Waals surface area (Å²) in [5.41, 5.74) is -0.165. The van der Waals surface area contributed by atoms with Gasteiger partial charge in [0, 0.05) is 6.92 Å². The first kappa shape index (κ1) is 19.2. The highest BCUT2D eigenvalue weighted by Crippen LogP contribution is 2.42. The van der Waals surface area contributed by atoms with E-state index in [4.69, 9.17) is 28.4 Å². The fourth-order valence-electron chi connectivity index (χ4n) is 3.27. The van der Waals surface area contributed by atoms with Gasteiger partial charge >= 0.3 is 5.97 Å². The Bertz CT molecular complexity index is 616. The topological polar surface area (TPSA) is 102 Å². The number of hydrogen-bond donors (Lipinski definition) is 1. The molecular weight excluding hydrogens is 346 g/mol. The van der Waals surface area contributed by atoms with E-state index in [0.29, 0.717) is 0 Å². The predicted molar refractivity (Wildman–Crippen MR) is 86.4 cm³/mol. The molecule has 3 rings (SSSR count). The van der Waals surface area contributed by atoms with Gasteiger partial charge in [-0.05, 0) is 27.7 Å². The van der Waals surface area contributed by atoms with Crippen LogP contribution in [0.15, 0.2) is 12.3 Å². The molecular formula is C17H25NO8. The largest absolute Gasteiger partial charge is 0.452 e. The molecule has 0 saturated carbocycles. The van der Waals surface area contributed by atoms with Gasteiger partial charge in [-0.3, -0.25) is 4.79 Å². The second-order valence-electron chi connectivity index (χ2n) is 7.47. The van der Waals surface area contributed by atoms with Crippen LogP contribution in [0.25, 0.3) is 0 Å². The molecule has 146 valence electrons. The van der Waals surface area contributed by atoms with E-state index in [2.05, 4.69) is 11.9 Å². The Labute approximate surface area is 151 Å². The summed E-state index contributed by atoms with van der Waals surface area (Å²) in [4.78, 5) is 23.4. The highest BCUT2D eigenvalue weighted by atomic mass is 16.8. The second-order valence-corrected chi connectivity index (χ2v) is 7.47. The van der Waals surface area contributed by atoms with E-state index in [1.165, 1.54) is 6.92 Å². The van der Waals surface area contributed by atoms with Crippen molar-refractivity contribution in [3.63, 3.8) is 0 Å². The van der Waals surface area contributed by atoms with Gasteiger partial charge in [0.15, 0.2) is 30.1 Å². The van der Waals surface area contributed by atoms with Crippen LogP contribution in [0.1, 0.15) is 34.6 Å². The lowest BCUT2D eigenvalue weighted by atomic mass is 10.1. The van der Waals surface area contributed by atoms with Crippen molar-refractivity contribution in [2.75, 3.05) is 6.61 Å². The van der Waals surface area contributed by atoms with Crippen molar-refractivity contribution in [3.05, 3.63) is 12.3 Å². The third-order valence-electron chi connectivity index (χ3n) is 4.24. The van der Waals surface area contributed by atoms with E-state index in [1.54, 1.807) is 27.7 Å². The summed E-state index contributed by atoms with van der Waals surface area (Å²) in [6, 6.07) is 0. The molecule has 3 fully saturated rings. The van der Waals surface area contributed by atoms with Gasteiger partial charge < -0.3 is 33.7 Å². The molecule has 9 nitrogen and oxygen atoms in total. The maximum absolute atomic E-state index is 12.3. The van der Waals surface area contributed by atoms with Gasteiger partial charge in [-0.1, -0.05) is 6.58 Å². The van der Waals surface area contributed by atoms with Gasteiger partial charge in [-0.2, -0.15) is 0 Å². The maximum atomic E-state index is 12.3. The number of nitrogens with one attached hydrogen (secondary N) is 1. The van der Waals surface area contributed by atoms with Crippen LogP contribution in [-0.2, 0) is 38.0 Å². The molecule has 3 aliphatic rings. The summed E-state index contributed by atoms with van der Waals surface area (Å²) < 4.78 is 34.5. The number of hydrogen-bond acceptors (Lipinski definition) is 8. The van der Waals surface area contributed by atoms with Gasteiger partial charge in [-0.25, -0.2) is 4.79 Å². The fourth-order valence-corrected chi connectivity index (χ4v) is 3.27. The van der Waals surface area contributed by atoms with Crippen LogP contribution in [0.2, 0.25) is 0 Å². The molecule has 0 radical (unpaired) electrons. The monoisotopic (exact) mass is 371 g/mol. The molecule has 9 heteroatoms. The lowest BCUT2D eigenvalue weighted by Gasteiger charge is -2.28. The minimum atomic E-state index is -0.869. The molecule has 3 heterocycles. The van der Waals surface area contributed by atoms with E-state index in [0.717, 1.165) is 0 Å². The molecule has 0 aromatic carbocycles. The minimum absolute atomic E-state index is 0.165. The summed E-state index contributed by atoms with van der Waals surface area (Å²) >= 11 is 0. The Balaban J connectivity index is 1.76. The fraction of sp³-hybridized carbons (Fsp3) is 0.765. The van der Waals surface area contributed by atoms with Gasteiger partial charge in [-0.15, -0.1) is 0 Å². The van der Waals surface area contributed by atoms with Gasteiger partial charge in [0.05, 0.1) is 6.61 Å². The molecule has 0 aromatic heterocycles. The van der Waals surface area contributed by atoms with Crippen LogP contribution in [0.3, 0.4) is 0 Å². The highest BCUT2D eigenvalue weighted by molar-refractivity contribution is 5.92. The molecule has 0 bridgehead atoms. The average molecular weight is 371 g/mol. The normalized spacial score (nSPS) is 37.2. The second kappa shape index (κ2) is 6.58. The maximum Gasteiger partial charge on any atom is 0.354 e. The molecule has 0 unspecified atom stereocenters. The molecule has 1 N–H and O–H groups in total. The molecule has 26 heavy (non-hydrogen) atoms. The van der Waals surface area contributed by atoms with Gasteiger partial charge in [0.25, 0.3) is 0 Å². The number of esters is 1. The van der Waals surface area contributed by atoms with Crippen molar-refractivity contribution in [1.82, 2.24) is 5.32 Å². The zero-order valence-corrected chi connectivity index (χ0v) is 15.6. The zero-order valence-electron chi connectivity index (χ0n) is 15.6. The Morgan fingerprint density at radius 3 is 2.35 bits per heavy atom. The third kappa shape index (κ3) is 3.91. The Hall–Kier alpha value is -1.52. The summed E-state index contributed by atoms with van der Waals surface area (Å²) in [6.07, 6.45) is -3.23. The van der Waals surface area contributed by atoms with Crippen LogP contribution in [0.4, 0.5) is 0 Å². The van der Waals surface area contributed by atoms with Crippen molar-refractivity contribution in [1.29, 1.82) is 0 Å². The number of carbonyl (C=O) groups is 2. The summed E-state index contributed by atoms with van der Waals surface area (Å²) in [5, 5.41) is 2.31. The number of carbonyl (C=O) groups excluding carboxylic acids is 2. The third-order valence-corrected chi connectivity index (χ3v) is 4.24. The van der Waals surface area contributed by atoms with Crippen molar-refractivity contribution >= 4 is 11.9 Å². The smallest absolute Gasteiger partial charge is 0.354 e. The van der Waals surface area contributed by atoms with Gasteiger partial charge in [0.2, 0.25) is 5.91 Å². The highest BCUT2D eigenvalue weighted by Gasteiger charge is 2.60. The standard InChI is InChI=1S/C17H25NO8/c1-8(18-9(2)19)14(20)22-12-11(10-7-21-16(3,4)24-10)23-15-13(12)25-17(5,6)26-15/h10-13,15H,1,7H2,2-6H3,(H,18,19)/t10-,11-,12+,13-,15-/m1/s1. The zero-order chi connectivity index (χ0) is 19.3. The first-order valence-corrected chi connectivity index (χ1v) is 8.48. The SMILES string of the molecule is C=C(NC(C)=O)C(=O)O[C@@H]1[C@H]2OC(C)(C)O[C@H]2O[C@@H]1[C@H]1COC(C)(C)O1. The van der Waals surface area contributed by atoms with Crippen molar-refractivity contribution in [3.8, 4) is 0 Å². The molecule has 0 spiro atoms. The van der Waals surface area contributed by atoms with E-state index in [-0.39, 0.29) is 12.3 Å². The van der Waals surface area contributed by atoms with E-state index in [9.17, 15) is 9.59 Å². The first-order chi connectivity index (χ1) is 12.0. The Morgan fingerprint density at radius 1 is 1.08 bits per heavy atom. The van der Waals surface area contributed by atoms with Crippen molar-refractivity contribution in [2.45, 2.75) is 76.9 Å². The average Bonchev–Trinajstić information content (AvgIpc) is 3.09. The number of amides is 1. The van der Waals surface area contributed by atoms with E-state index < -0.39 is 54.2 Å². The van der Waals surface area contributed by atoms with Crippen molar-refractivity contribution < 1.29 is 38.0 Å². The van der Waals surface area contributed by atoms with Crippen LogP contribution in [0.5, 0.6) is 0 Å². The Kier molecular flexibility index (Phi) is 4.87. The molecule has 0 aromatic rings. The number of rotatable bonds is 4. The summed E-state index contributed by atoms with van der Waals surface area (Å²) in [6.45, 7) is 12.2. The number of ether oxygens (including phenoxy) is 6. The van der Waals surface area contributed by atoms with Crippen LogP contribution in [-0.4, -0.2) is 60.8 Å².